The fourth-order valence-electron chi connectivity index (χ4n) is 2.02. The summed E-state index contributed by atoms with van der Waals surface area (Å²) in [5.41, 5.74) is 0. The molecule has 1 fully saturated rings. The van der Waals surface area contributed by atoms with Crippen LogP contribution in [0.1, 0.15) is 31.9 Å². The van der Waals surface area contributed by atoms with Crippen LogP contribution < -0.4 is 5.32 Å². The summed E-state index contributed by atoms with van der Waals surface area (Å²) in [4.78, 5) is 0. The highest BCUT2D eigenvalue weighted by Gasteiger charge is 2.27. The van der Waals surface area contributed by atoms with E-state index in [0.29, 0.717) is 12.1 Å². The van der Waals surface area contributed by atoms with Gasteiger partial charge < -0.3 is 14.8 Å². The largest absolute Gasteiger partial charge is 0.469 e. The van der Waals surface area contributed by atoms with Gasteiger partial charge in [0.15, 0.2) is 0 Å². The van der Waals surface area contributed by atoms with Gasteiger partial charge in [0.05, 0.1) is 12.4 Å². The molecule has 1 heterocycles. The minimum Gasteiger partial charge on any atom is -0.469 e. The predicted molar refractivity (Wildman–Crippen MR) is 58.7 cm³/mol. The van der Waals surface area contributed by atoms with Crippen LogP contribution in [0.25, 0.3) is 0 Å². The molecule has 0 saturated heterocycles. The molecule has 84 valence electrons. The van der Waals surface area contributed by atoms with Crippen LogP contribution in [0.15, 0.2) is 22.8 Å². The molecule has 0 radical (unpaired) electrons. The van der Waals surface area contributed by atoms with Gasteiger partial charge in [0, 0.05) is 18.5 Å². The van der Waals surface area contributed by atoms with Crippen LogP contribution in [0, 0.1) is 0 Å². The van der Waals surface area contributed by atoms with Crippen LogP contribution >= 0.6 is 0 Å². The van der Waals surface area contributed by atoms with Crippen LogP contribution in [-0.4, -0.2) is 23.3 Å². The second-order valence-electron chi connectivity index (χ2n) is 4.51. The van der Waals surface area contributed by atoms with Crippen molar-refractivity contribution < 1.29 is 9.52 Å². The number of hydrogen-bond donors (Lipinski definition) is 2. The average Bonchev–Trinajstić information content (AvgIpc) is 2.65. The quantitative estimate of drug-likeness (QED) is 0.776. The van der Waals surface area contributed by atoms with Crippen molar-refractivity contribution in [3.8, 4) is 0 Å². The first kappa shape index (κ1) is 10.7. The summed E-state index contributed by atoms with van der Waals surface area (Å²) in [7, 11) is 0. The molecule has 1 saturated carbocycles. The third-order valence-corrected chi connectivity index (χ3v) is 3.04. The molecule has 3 heteroatoms. The molecular formula is C12H19NO2. The van der Waals surface area contributed by atoms with Crippen molar-refractivity contribution in [1.29, 1.82) is 0 Å². The fraction of sp³-hybridized carbons (Fsp3) is 0.667. The Kier molecular flexibility index (Phi) is 3.44. The zero-order valence-electron chi connectivity index (χ0n) is 9.15. The highest BCUT2D eigenvalue weighted by molar-refractivity contribution is 4.98. The standard InChI is InChI=1S/C12H19NO2/c1-9(13-10-7-11(14)8-10)4-5-12-3-2-6-15-12/h2-3,6,9-11,13-14H,4-5,7-8H2,1H3. The smallest absolute Gasteiger partial charge is 0.103 e. The molecule has 0 spiro atoms. The molecule has 1 aliphatic rings. The summed E-state index contributed by atoms with van der Waals surface area (Å²) in [6.45, 7) is 2.19. The fourth-order valence-corrected chi connectivity index (χ4v) is 2.02. The van der Waals surface area contributed by atoms with E-state index in [2.05, 4.69) is 12.2 Å². The van der Waals surface area contributed by atoms with E-state index >= 15 is 0 Å². The lowest BCUT2D eigenvalue weighted by molar-refractivity contribution is 0.0581. The molecule has 1 aliphatic carbocycles. The van der Waals surface area contributed by atoms with Gasteiger partial charge in [-0.3, -0.25) is 0 Å². The molecule has 3 nitrogen and oxygen atoms in total. The normalized spacial score (nSPS) is 27.3. The topological polar surface area (TPSA) is 45.4 Å². The lowest BCUT2D eigenvalue weighted by Gasteiger charge is -2.34. The van der Waals surface area contributed by atoms with Gasteiger partial charge in [0.1, 0.15) is 5.76 Å². The molecule has 15 heavy (non-hydrogen) atoms. The number of hydrogen-bond acceptors (Lipinski definition) is 3. The Morgan fingerprint density at radius 1 is 1.60 bits per heavy atom. The van der Waals surface area contributed by atoms with Gasteiger partial charge in [0.2, 0.25) is 0 Å². The molecule has 0 aromatic carbocycles. The van der Waals surface area contributed by atoms with E-state index in [9.17, 15) is 0 Å². The maximum absolute atomic E-state index is 9.16. The monoisotopic (exact) mass is 209 g/mol. The Labute approximate surface area is 90.5 Å². The first-order valence-electron chi connectivity index (χ1n) is 5.70. The van der Waals surface area contributed by atoms with Gasteiger partial charge in [-0.1, -0.05) is 0 Å². The summed E-state index contributed by atoms with van der Waals surface area (Å²) in [5, 5.41) is 12.7. The molecular weight excluding hydrogens is 190 g/mol. The van der Waals surface area contributed by atoms with Gasteiger partial charge in [-0.25, -0.2) is 0 Å². The predicted octanol–water partition coefficient (Wildman–Crippen LogP) is 1.71. The average molecular weight is 209 g/mol. The van der Waals surface area contributed by atoms with Crippen LogP contribution in [0.2, 0.25) is 0 Å². The summed E-state index contributed by atoms with van der Waals surface area (Å²) >= 11 is 0. The van der Waals surface area contributed by atoms with Gasteiger partial charge in [-0.15, -0.1) is 0 Å². The summed E-state index contributed by atoms with van der Waals surface area (Å²) < 4.78 is 5.28. The van der Waals surface area contributed by atoms with E-state index in [1.54, 1.807) is 6.26 Å². The SMILES string of the molecule is CC(CCc1ccco1)NC1CC(O)C1. The van der Waals surface area contributed by atoms with Crippen molar-refractivity contribution in [1.82, 2.24) is 5.32 Å². The van der Waals surface area contributed by atoms with Crippen LogP contribution in [-0.2, 0) is 6.42 Å². The van der Waals surface area contributed by atoms with Crippen LogP contribution in [0.5, 0.6) is 0 Å². The van der Waals surface area contributed by atoms with E-state index in [1.165, 1.54) is 0 Å². The Bertz CT molecular complexity index is 278. The molecule has 1 aromatic heterocycles. The molecule has 2 N–H and O–H groups in total. The van der Waals surface area contributed by atoms with Crippen molar-refractivity contribution in [2.45, 2.75) is 50.8 Å². The highest BCUT2D eigenvalue weighted by Crippen LogP contribution is 2.20. The lowest BCUT2D eigenvalue weighted by atomic mass is 9.89. The second-order valence-corrected chi connectivity index (χ2v) is 4.51. The molecule has 0 bridgehead atoms. The summed E-state index contributed by atoms with van der Waals surface area (Å²) in [6, 6.07) is 4.95. The third kappa shape index (κ3) is 3.08. The molecule has 2 rings (SSSR count). The molecule has 1 unspecified atom stereocenters. The summed E-state index contributed by atoms with van der Waals surface area (Å²) in [6.07, 6.45) is 5.53. The highest BCUT2D eigenvalue weighted by atomic mass is 16.3. The molecule has 0 amide bonds. The molecule has 1 aromatic rings. The maximum atomic E-state index is 9.16. The number of aliphatic hydroxyl groups excluding tert-OH is 1. The van der Waals surface area contributed by atoms with Gasteiger partial charge in [0.25, 0.3) is 0 Å². The molecule has 0 aliphatic heterocycles. The van der Waals surface area contributed by atoms with Crippen molar-refractivity contribution >= 4 is 0 Å². The minimum atomic E-state index is -0.0697. The second kappa shape index (κ2) is 4.81. The van der Waals surface area contributed by atoms with Crippen molar-refractivity contribution in [3.05, 3.63) is 24.2 Å². The van der Waals surface area contributed by atoms with Crippen molar-refractivity contribution in [3.63, 3.8) is 0 Å². The maximum Gasteiger partial charge on any atom is 0.103 e. The Morgan fingerprint density at radius 3 is 3.00 bits per heavy atom. The summed E-state index contributed by atoms with van der Waals surface area (Å²) in [5.74, 6) is 1.05. The van der Waals surface area contributed by atoms with Gasteiger partial charge >= 0.3 is 0 Å². The van der Waals surface area contributed by atoms with Crippen molar-refractivity contribution in [2.24, 2.45) is 0 Å². The molecule has 1 atom stereocenters. The van der Waals surface area contributed by atoms with E-state index in [0.717, 1.165) is 31.4 Å². The van der Waals surface area contributed by atoms with E-state index in [-0.39, 0.29) is 6.10 Å². The Hall–Kier alpha value is -0.800. The van der Waals surface area contributed by atoms with Crippen LogP contribution in [0.3, 0.4) is 0 Å². The Morgan fingerprint density at radius 2 is 2.40 bits per heavy atom. The number of nitrogens with one attached hydrogen (secondary N) is 1. The van der Waals surface area contributed by atoms with E-state index in [4.69, 9.17) is 9.52 Å². The number of furan rings is 1. The first-order chi connectivity index (χ1) is 7.24. The third-order valence-electron chi connectivity index (χ3n) is 3.04. The zero-order valence-corrected chi connectivity index (χ0v) is 9.15. The van der Waals surface area contributed by atoms with Gasteiger partial charge in [-0.2, -0.15) is 0 Å². The zero-order chi connectivity index (χ0) is 10.7. The Balaban J connectivity index is 1.62. The first-order valence-corrected chi connectivity index (χ1v) is 5.70. The number of rotatable bonds is 5. The van der Waals surface area contributed by atoms with Crippen molar-refractivity contribution in [2.75, 3.05) is 0 Å². The van der Waals surface area contributed by atoms with E-state index in [1.807, 2.05) is 12.1 Å². The van der Waals surface area contributed by atoms with E-state index < -0.39 is 0 Å². The minimum absolute atomic E-state index is 0.0697. The van der Waals surface area contributed by atoms with Gasteiger partial charge in [-0.05, 0) is 38.3 Å². The lowest BCUT2D eigenvalue weighted by Crippen LogP contribution is -2.47. The van der Waals surface area contributed by atoms with Crippen LogP contribution in [0.4, 0.5) is 0 Å². The number of aliphatic hydroxyl groups is 1. The number of aryl methyl sites for hydroxylation is 1.